The third-order valence-corrected chi connectivity index (χ3v) is 2.38. The van der Waals surface area contributed by atoms with Gasteiger partial charge in [0.05, 0.1) is 12.7 Å². The van der Waals surface area contributed by atoms with Gasteiger partial charge in [-0.3, -0.25) is 0 Å². The summed E-state index contributed by atoms with van der Waals surface area (Å²) in [6.45, 7) is 4.84. The molecule has 1 fully saturated rings. The molecule has 0 spiro atoms. The van der Waals surface area contributed by atoms with Gasteiger partial charge >= 0.3 is 0 Å². The standard InChI is InChI=1S/C9H19NO/c1-7(2)11-6-9(10)8-4-3-5-8/h7-9H,3-6,10H2,1-2H3. The van der Waals surface area contributed by atoms with Crippen molar-refractivity contribution in [2.24, 2.45) is 11.7 Å². The third kappa shape index (κ3) is 2.80. The van der Waals surface area contributed by atoms with Crippen molar-refractivity contribution < 1.29 is 4.74 Å². The maximum absolute atomic E-state index is 5.90. The maximum atomic E-state index is 5.90. The second kappa shape index (κ2) is 4.07. The van der Waals surface area contributed by atoms with Gasteiger partial charge in [-0.05, 0) is 32.6 Å². The van der Waals surface area contributed by atoms with Crippen LogP contribution in [0.15, 0.2) is 0 Å². The summed E-state index contributed by atoms with van der Waals surface area (Å²) in [6, 6.07) is 0.283. The fourth-order valence-electron chi connectivity index (χ4n) is 1.31. The minimum absolute atomic E-state index is 0.283. The van der Waals surface area contributed by atoms with Crippen LogP contribution in [-0.2, 0) is 4.74 Å². The van der Waals surface area contributed by atoms with E-state index in [0.29, 0.717) is 6.10 Å². The molecule has 0 amide bonds. The van der Waals surface area contributed by atoms with Crippen LogP contribution in [0.4, 0.5) is 0 Å². The van der Waals surface area contributed by atoms with Gasteiger partial charge in [-0.2, -0.15) is 0 Å². The number of nitrogens with two attached hydrogens (primary N) is 1. The Morgan fingerprint density at radius 2 is 2.09 bits per heavy atom. The van der Waals surface area contributed by atoms with Crippen molar-refractivity contribution in [3.8, 4) is 0 Å². The van der Waals surface area contributed by atoms with E-state index in [1.165, 1.54) is 19.3 Å². The van der Waals surface area contributed by atoms with Crippen molar-refractivity contribution in [3.05, 3.63) is 0 Å². The molecule has 11 heavy (non-hydrogen) atoms. The minimum atomic E-state index is 0.283. The summed E-state index contributed by atoms with van der Waals surface area (Å²) in [7, 11) is 0. The average Bonchev–Trinajstić information content (AvgIpc) is 1.79. The lowest BCUT2D eigenvalue weighted by Crippen LogP contribution is -2.39. The number of rotatable bonds is 4. The van der Waals surface area contributed by atoms with Crippen LogP contribution < -0.4 is 5.73 Å². The molecule has 66 valence electrons. The summed E-state index contributed by atoms with van der Waals surface area (Å²) in [4.78, 5) is 0. The Morgan fingerprint density at radius 1 is 1.45 bits per heavy atom. The first-order valence-corrected chi connectivity index (χ1v) is 4.57. The van der Waals surface area contributed by atoms with E-state index in [-0.39, 0.29) is 6.04 Å². The Bertz CT molecular complexity index is 110. The molecule has 2 heteroatoms. The molecular weight excluding hydrogens is 138 g/mol. The van der Waals surface area contributed by atoms with E-state index in [9.17, 15) is 0 Å². The van der Waals surface area contributed by atoms with E-state index < -0.39 is 0 Å². The minimum Gasteiger partial charge on any atom is -0.377 e. The zero-order valence-corrected chi connectivity index (χ0v) is 7.55. The van der Waals surface area contributed by atoms with E-state index >= 15 is 0 Å². The van der Waals surface area contributed by atoms with Crippen LogP contribution in [0.3, 0.4) is 0 Å². The Kier molecular flexibility index (Phi) is 3.34. The summed E-state index contributed by atoms with van der Waals surface area (Å²) in [5.41, 5.74) is 5.90. The molecule has 0 saturated heterocycles. The van der Waals surface area contributed by atoms with Crippen LogP contribution in [0.5, 0.6) is 0 Å². The Hall–Kier alpha value is -0.0800. The van der Waals surface area contributed by atoms with Gasteiger partial charge in [-0.15, -0.1) is 0 Å². The molecule has 1 atom stereocenters. The molecule has 1 aliphatic carbocycles. The summed E-state index contributed by atoms with van der Waals surface area (Å²) < 4.78 is 5.44. The van der Waals surface area contributed by atoms with Gasteiger partial charge in [0.15, 0.2) is 0 Å². The van der Waals surface area contributed by atoms with Gasteiger partial charge in [0.1, 0.15) is 0 Å². The maximum Gasteiger partial charge on any atom is 0.0623 e. The average molecular weight is 157 g/mol. The fraction of sp³-hybridized carbons (Fsp3) is 1.00. The summed E-state index contributed by atoms with van der Waals surface area (Å²) in [5, 5.41) is 0. The summed E-state index contributed by atoms with van der Waals surface area (Å²) in [5.74, 6) is 0.744. The largest absolute Gasteiger partial charge is 0.377 e. The molecule has 0 aliphatic heterocycles. The lowest BCUT2D eigenvalue weighted by Gasteiger charge is -2.31. The smallest absolute Gasteiger partial charge is 0.0623 e. The number of hydrogen-bond acceptors (Lipinski definition) is 2. The zero-order valence-electron chi connectivity index (χ0n) is 7.55. The van der Waals surface area contributed by atoms with Crippen molar-refractivity contribution in [1.29, 1.82) is 0 Å². The van der Waals surface area contributed by atoms with Crippen molar-refractivity contribution in [3.63, 3.8) is 0 Å². The third-order valence-electron chi connectivity index (χ3n) is 2.38. The molecule has 1 saturated carbocycles. The Balaban J connectivity index is 2.05. The summed E-state index contributed by atoms with van der Waals surface area (Å²) >= 11 is 0. The highest BCUT2D eigenvalue weighted by Crippen LogP contribution is 2.28. The van der Waals surface area contributed by atoms with Gasteiger partial charge in [-0.25, -0.2) is 0 Å². The molecule has 1 aliphatic rings. The molecule has 0 heterocycles. The van der Waals surface area contributed by atoms with E-state index in [1.807, 2.05) is 13.8 Å². The zero-order chi connectivity index (χ0) is 8.27. The molecular formula is C9H19NO. The first-order valence-electron chi connectivity index (χ1n) is 4.57. The fourth-order valence-corrected chi connectivity index (χ4v) is 1.31. The first kappa shape index (κ1) is 9.01. The van der Waals surface area contributed by atoms with Gasteiger partial charge < -0.3 is 10.5 Å². The van der Waals surface area contributed by atoms with Crippen LogP contribution >= 0.6 is 0 Å². The van der Waals surface area contributed by atoms with Crippen molar-refractivity contribution in [2.75, 3.05) is 6.61 Å². The second-order valence-corrected chi connectivity index (χ2v) is 3.74. The first-order chi connectivity index (χ1) is 5.20. The van der Waals surface area contributed by atoms with E-state index in [4.69, 9.17) is 10.5 Å². The Morgan fingerprint density at radius 3 is 2.45 bits per heavy atom. The van der Waals surface area contributed by atoms with Gasteiger partial charge in [0, 0.05) is 6.04 Å². The quantitative estimate of drug-likeness (QED) is 0.672. The highest BCUT2D eigenvalue weighted by atomic mass is 16.5. The summed E-state index contributed by atoms with van der Waals surface area (Å²) in [6.07, 6.45) is 4.30. The van der Waals surface area contributed by atoms with Crippen LogP contribution in [0, 0.1) is 5.92 Å². The predicted octanol–water partition coefficient (Wildman–Crippen LogP) is 1.54. The van der Waals surface area contributed by atoms with Gasteiger partial charge in [-0.1, -0.05) is 6.42 Å². The normalized spacial score (nSPS) is 21.8. The van der Waals surface area contributed by atoms with Crippen molar-refractivity contribution in [1.82, 2.24) is 0 Å². The van der Waals surface area contributed by atoms with Crippen molar-refractivity contribution in [2.45, 2.75) is 45.3 Å². The molecule has 0 aromatic heterocycles. The molecule has 1 unspecified atom stereocenters. The SMILES string of the molecule is CC(C)OCC(N)C1CCC1. The topological polar surface area (TPSA) is 35.2 Å². The lowest BCUT2D eigenvalue weighted by molar-refractivity contribution is 0.0469. The molecule has 0 aromatic rings. The molecule has 0 aromatic carbocycles. The van der Waals surface area contributed by atoms with Crippen molar-refractivity contribution >= 4 is 0 Å². The second-order valence-electron chi connectivity index (χ2n) is 3.74. The van der Waals surface area contributed by atoms with Gasteiger partial charge in [0.25, 0.3) is 0 Å². The van der Waals surface area contributed by atoms with Crippen LogP contribution in [0.25, 0.3) is 0 Å². The van der Waals surface area contributed by atoms with E-state index in [0.717, 1.165) is 12.5 Å². The predicted molar refractivity (Wildman–Crippen MR) is 46.4 cm³/mol. The van der Waals surface area contributed by atoms with Crippen LogP contribution in [-0.4, -0.2) is 18.8 Å². The van der Waals surface area contributed by atoms with Gasteiger partial charge in [0.2, 0.25) is 0 Å². The van der Waals surface area contributed by atoms with E-state index in [2.05, 4.69) is 0 Å². The highest BCUT2D eigenvalue weighted by Gasteiger charge is 2.24. The molecule has 2 N–H and O–H groups in total. The lowest BCUT2D eigenvalue weighted by atomic mass is 9.80. The molecule has 1 rings (SSSR count). The van der Waals surface area contributed by atoms with Crippen LogP contribution in [0.2, 0.25) is 0 Å². The highest BCUT2D eigenvalue weighted by molar-refractivity contribution is 4.79. The Labute approximate surface area is 69.1 Å². The number of ether oxygens (including phenoxy) is 1. The van der Waals surface area contributed by atoms with Crippen LogP contribution in [0.1, 0.15) is 33.1 Å². The monoisotopic (exact) mass is 157 g/mol. The molecule has 2 nitrogen and oxygen atoms in total. The molecule has 0 bridgehead atoms. The van der Waals surface area contributed by atoms with E-state index in [1.54, 1.807) is 0 Å². The number of hydrogen-bond donors (Lipinski definition) is 1. The molecule has 0 radical (unpaired) electrons.